The number of halogens is 2. The third kappa shape index (κ3) is 3.11. The largest absolute Gasteiger partial charge is 0.390 e. The number of methoxy groups -OCH3 is 1. The number of aliphatic hydroxyl groups is 1. The van der Waals surface area contributed by atoms with Gasteiger partial charge in [-0.2, -0.15) is 0 Å². The standard InChI is InChI=1S/C14H20BrFO2/c1-4-14(5-2,18-3)12(17)9-10-7-6-8-11(16)13(10)15/h6-8,12,17H,4-5,9H2,1-3H3. The molecule has 0 spiro atoms. The Hall–Kier alpha value is -0.450. The maximum Gasteiger partial charge on any atom is 0.137 e. The minimum Gasteiger partial charge on any atom is -0.390 e. The van der Waals surface area contributed by atoms with Crippen LogP contribution in [0.15, 0.2) is 22.7 Å². The summed E-state index contributed by atoms with van der Waals surface area (Å²) in [5.41, 5.74) is 0.192. The Balaban J connectivity index is 2.92. The topological polar surface area (TPSA) is 29.5 Å². The van der Waals surface area contributed by atoms with Crippen LogP contribution in [0.1, 0.15) is 32.3 Å². The van der Waals surface area contributed by atoms with E-state index >= 15 is 0 Å². The molecule has 0 aromatic heterocycles. The molecule has 2 nitrogen and oxygen atoms in total. The van der Waals surface area contributed by atoms with E-state index in [0.717, 1.165) is 5.56 Å². The smallest absolute Gasteiger partial charge is 0.137 e. The van der Waals surface area contributed by atoms with Gasteiger partial charge in [0.05, 0.1) is 16.2 Å². The molecule has 1 unspecified atom stereocenters. The van der Waals surface area contributed by atoms with Gasteiger partial charge in [-0.3, -0.25) is 0 Å². The van der Waals surface area contributed by atoms with Crippen molar-refractivity contribution in [1.82, 2.24) is 0 Å². The van der Waals surface area contributed by atoms with E-state index in [2.05, 4.69) is 15.9 Å². The highest BCUT2D eigenvalue weighted by atomic mass is 79.9. The molecule has 0 radical (unpaired) electrons. The van der Waals surface area contributed by atoms with Crippen molar-refractivity contribution in [2.45, 2.75) is 44.8 Å². The minimum atomic E-state index is -0.657. The average Bonchev–Trinajstić information content (AvgIpc) is 2.38. The molecule has 0 aliphatic heterocycles. The van der Waals surface area contributed by atoms with Gasteiger partial charge in [0.15, 0.2) is 0 Å². The fourth-order valence-corrected chi connectivity index (χ4v) is 2.67. The second-order valence-corrected chi connectivity index (χ2v) is 5.20. The zero-order valence-corrected chi connectivity index (χ0v) is 12.6. The molecule has 18 heavy (non-hydrogen) atoms. The van der Waals surface area contributed by atoms with Crippen LogP contribution in [-0.4, -0.2) is 23.9 Å². The van der Waals surface area contributed by atoms with Crippen LogP contribution in [0.5, 0.6) is 0 Å². The highest BCUT2D eigenvalue weighted by Gasteiger charge is 2.34. The lowest BCUT2D eigenvalue weighted by atomic mass is 9.86. The van der Waals surface area contributed by atoms with E-state index in [4.69, 9.17) is 4.74 Å². The van der Waals surface area contributed by atoms with Gasteiger partial charge in [0.25, 0.3) is 0 Å². The van der Waals surface area contributed by atoms with Crippen molar-refractivity contribution in [3.05, 3.63) is 34.1 Å². The van der Waals surface area contributed by atoms with Gasteiger partial charge in [-0.1, -0.05) is 26.0 Å². The molecule has 1 N–H and O–H groups in total. The Morgan fingerprint density at radius 2 is 2.00 bits per heavy atom. The number of ether oxygens (including phenoxy) is 1. The molecule has 0 aliphatic rings. The maximum atomic E-state index is 13.4. The first kappa shape index (κ1) is 15.6. The third-order valence-electron chi connectivity index (χ3n) is 3.66. The van der Waals surface area contributed by atoms with Crippen LogP contribution in [-0.2, 0) is 11.2 Å². The van der Waals surface area contributed by atoms with Gasteiger partial charge >= 0.3 is 0 Å². The molecule has 1 rings (SSSR count). The maximum absolute atomic E-state index is 13.4. The van der Waals surface area contributed by atoms with Crippen molar-refractivity contribution in [3.8, 4) is 0 Å². The monoisotopic (exact) mass is 318 g/mol. The molecule has 0 heterocycles. The predicted molar refractivity (Wildman–Crippen MR) is 74.1 cm³/mol. The lowest BCUT2D eigenvalue weighted by Crippen LogP contribution is -2.44. The van der Waals surface area contributed by atoms with Gasteiger partial charge in [0, 0.05) is 13.5 Å². The quantitative estimate of drug-likeness (QED) is 0.866. The lowest BCUT2D eigenvalue weighted by Gasteiger charge is -2.35. The van der Waals surface area contributed by atoms with Crippen LogP contribution in [0.3, 0.4) is 0 Å². The molecular formula is C14H20BrFO2. The zero-order chi connectivity index (χ0) is 13.8. The molecule has 0 aliphatic carbocycles. The minimum absolute atomic E-state index is 0.310. The Kier molecular flexibility index (Phi) is 5.76. The van der Waals surface area contributed by atoms with Crippen LogP contribution in [0.2, 0.25) is 0 Å². The summed E-state index contributed by atoms with van der Waals surface area (Å²) in [7, 11) is 1.61. The summed E-state index contributed by atoms with van der Waals surface area (Å²) in [6.45, 7) is 3.97. The van der Waals surface area contributed by atoms with E-state index in [1.165, 1.54) is 6.07 Å². The van der Waals surface area contributed by atoms with Gasteiger partial charge in [0.1, 0.15) is 5.82 Å². The summed E-state index contributed by atoms with van der Waals surface area (Å²) in [6.07, 6.45) is 1.14. The normalized spacial score (nSPS) is 13.7. The summed E-state index contributed by atoms with van der Waals surface area (Å²) >= 11 is 3.21. The Bertz CT molecular complexity index is 383. The van der Waals surface area contributed by atoms with E-state index in [9.17, 15) is 9.50 Å². The Labute approximate surface area is 116 Å². The number of rotatable bonds is 6. The van der Waals surface area contributed by atoms with Crippen LogP contribution in [0.25, 0.3) is 0 Å². The van der Waals surface area contributed by atoms with Crippen LogP contribution < -0.4 is 0 Å². The van der Waals surface area contributed by atoms with Crippen LogP contribution in [0, 0.1) is 5.82 Å². The summed E-state index contributed by atoms with van der Waals surface area (Å²) < 4.78 is 19.3. The predicted octanol–water partition coefficient (Wildman–Crippen LogP) is 3.70. The van der Waals surface area contributed by atoms with Crippen molar-refractivity contribution >= 4 is 15.9 Å². The third-order valence-corrected chi connectivity index (χ3v) is 4.54. The van der Waals surface area contributed by atoms with Gasteiger partial charge < -0.3 is 9.84 Å². The molecule has 1 aromatic rings. The van der Waals surface area contributed by atoms with E-state index in [1.807, 2.05) is 19.9 Å². The van der Waals surface area contributed by atoms with E-state index in [-0.39, 0.29) is 5.82 Å². The SMILES string of the molecule is CCC(CC)(OC)C(O)Cc1cccc(F)c1Br. The first-order valence-corrected chi connectivity index (χ1v) is 6.96. The Morgan fingerprint density at radius 3 is 2.50 bits per heavy atom. The first-order chi connectivity index (χ1) is 8.50. The van der Waals surface area contributed by atoms with Gasteiger partial charge in [-0.05, 0) is 40.4 Å². The Morgan fingerprint density at radius 1 is 1.39 bits per heavy atom. The molecule has 0 bridgehead atoms. The highest BCUT2D eigenvalue weighted by Crippen LogP contribution is 2.29. The first-order valence-electron chi connectivity index (χ1n) is 6.16. The molecule has 1 atom stereocenters. The highest BCUT2D eigenvalue weighted by molar-refractivity contribution is 9.10. The molecular weight excluding hydrogens is 299 g/mol. The van der Waals surface area contributed by atoms with Crippen LogP contribution in [0.4, 0.5) is 4.39 Å². The van der Waals surface area contributed by atoms with Crippen molar-refractivity contribution in [1.29, 1.82) is 0 Å². The molecule has 0 saturated carbocycles. The van der Waals surface area contributed by atoms with Crippen molar-refractivity contribution in [2.75, 3.05) is 7.11 Å². The average molecular weight is 319 g/mol. The van der Waals surface area contributed by atoms with Crippen molar-refractivity contribution in [2.24, 2.45) is 0 Å². The summed E-state index contributed by atoms with van der Waals surface area (Å²) in [4.78, 5) is 0. The molecule has 0 fully saturated rings. The summed E-state index contributed by atoms with van der Waals surface area (Å²) in [6, 6.07) is 4.85. The summed E-state index contributed by atoms with van der Waals surface area (Å²) in [5.74, 6) is -0.310. The summed E-state index contributed by atoms with van der Waals surface area (Å²) in [5, 5.41) is 10.4. The fourth-order valence-electron chi connectivity index (χ4n) is 2.25. The molecule has 4 heteroatoms. The van der Waals surface area contributed by atoms with Gasteiger partial charge in [-0.25, -0.2) is 4.39 Å². The number of hydrogen-bond donors (Lipinski definition) is 1. The van der Waals surface area contributed by atoms with Crippen molar-refractivity contribution in [3.63, 3.8) is 0 Å². The van der Waals surface area contributed by atoms with Gasteiger partial charge in [0.2, 0.25) is 0 Å². The number of hydrogen-bond acceptors (Lipinski definition) is 2. The second-order valence-electron chi connectivity index (χ2n) is 4.41. The fraction of sp³-hybridized carbons (Fsp3) is 0.571. The molecule has 0 saturated heterocycles. The molecule has 1 aromatic carbocycles. The van der Waals surface area contributed by atoms with E-state index in [0.29, 0.717) is 23.7 Å². The molecule has 0 amide bonds. The molecule has 102 valence electrons. The number of aliphatic hydroxyl groups excluding tert-OH is 1. The second kappa shape index (κ2) is 6.64. The van der Waals surface area contributed by atoms with Gasteiger partial charge in [-0.15, -0.1) is 0 Å². The number of benzene rings is 1. The van der Waals surface area contributed by atoms with Crippen molar-refractivity contribution < 1.29 is 14.2 Å². The van der Waals surface area contributed by atoms with E-state index in [1.54, 1.807) is 13.2 Å². The zero-order valence-electron chi connectivity index (χ0n) is 11.0. The lowest BCUT2D eigenvalue weighted by molar-refractivity contribution is -0.106. The van der Waals surface area contributed by atoms with Crippen LogP contribution >= 0.6 is 15.9 Å². The van der Waals surface area contributed by atoms with E-state index < -0.39 is 11.7 Å².